The number of hydrogen-bond donors (Lipinski definition) is 2. The highest BCUT2D eigenvalue weighted by Gasteiger charge is 2.30. The van der Waals surface area contributed by atoms with Crippen LogP contribution in [-0.2, 0) is 16.1 Å². The van der Waals surface area contributed by atoms with Gasteiger partial charge in [0, 0.05) is 44.9 Å². The van der Waals surface area contributed by atoms with Gasteiger partial charge in [0.25, 0.3) is 5.91 Å². The van der Waals surface area contributed by atoms with E-state index in [-0.39, 0.29) is 41.7 Å². The molecule has 0 bridgehead atoms. The molecule has 9 heteroatoms. The zero-order valence-electron chi connectivity index (χ0n) is 17.1. The Balaban J connectivity index is 0.00000300. The van der Waals surface area contributed by atoms with Crippen molar-refractivity contribution in [1.82, 2.24) is 15.1 Å². The van der Waals surface area contributed by atoms with Gasteiger partial charge in [0.15, 0.2) is 5.96 Å². The fourth-order valence-electron chi connectivity index (χ4n) is 3.52. The number of ether oxygens (including phenoxy) is 2. The van der Waals surface area contributed by atoms with Gasteiger partial charge in [-0.05, 0) is 38.0 Å². The van der Waals surface area contributed by atoms with Gasteiger partial charge in [-0.15, -0.1) is 24.0 Å². The summed E-state index contributed by atoms with van der Waals surface area (Å²) in [5.41, 5.74) is 0.710. The van der Waals surface area contributed by atoms with Gasteiger partial charge in [0.2, 0.25) is 0 Å². The van der Waals surface area contributed by atoms with Crippen LogP contribution in [0.3, 0.4) is 0 Å². The van der Waals surface area contributed by atoms with E-state index in [1.807, 2.05) is 11.8 Å². The zero-order valence-corrected chi connectivity index (χ0v) is 19.4. The molecule has 2 aliphatic heterocycles. The molecule has 1 unspecified atom stereocenters. The van der Waals surface area contributed by atoms with Crippen molar-refractivity contribution >= 4 is 35.8 Å². The number of halogens is 1. The number of carbonyl (C=O) groups excluding carboxylic acids is 1. The average molecular weight is 518 g/mol. The van der Waals surface area contributed by atoms with E-state index < -0.39 is 0 Å². The van der Waals surface area contributed by atoms with E-state index in [2.05, 4.69) is 15.2 Å². The molecule has 1 atom stereocenters. The van der Waals surface area contributed by atoms with Gasteiger partial charge in [0.05, 0.1) is 13.7 Å². The fraction of sp³-hybridized carbons (Fsp3) is 0.600. The molecule has 0 aliphatic carbocycles. The second kappa shape index (κ2) is 11.4. The van der Waals surface area contributed by atoms with Crippen molar-refractivity contribution in [2.75, 3.05) is 46.4 Å². The van der Waals surface area contributed by atoms with E-state index in [0.717, 1.165) is 25.3 Å². The lowest BCUT2D eigenvalue weighted by Crippen LogP contribution is -2.55. The van der Waals surface area contributed by atoms with E-state index >= 15 is 0 Å². The summed E-state index contributed by atoms with van der Waals surface area (Å²) in [6, 6.07) is 5.13. The summed E-state index contributed by atoms with van der Waals surface area (Å²) in [6.45, 7) is 6.56. The van der Waals surface area contributed by atoms with Crippen LogP contribution in [0, 0.1) is 0 Å². The van der Waals surface area contributed by atoms with Crippen LogP contribution < -0.4 is 10.1 Å². The number of nitrogens with zero attached hydrogens (tertiary/aromatic N) is 3. The molecular formula is C20H31IN4O4. The summed E-state index contributed by atoms with van der Waals surface area (Å²) in [7, 11) is 1.60. The molecule has 2 heterocycles. The minimum Gasteiger partial charge on any atom is -0.508 e. The standard InChI is InChI=1S/C20H30N4O4.HI/c1-3-21-20(22-14-15-13-16(27-2)6-7-17(15)25)24-10-8-23(9-11-24)19(26)18-5-4-12-28-18;/h6-7,13,18,25H,3-5,8-12,14H2,1-2H3,(H,21,22);1H. The highest BCUT2D eigenvalue weighted by atomic mass is 127. The first kappa shape index (κ1) is 23.5. The lowest BCUT2D eigenvalue weighted by molar-refractivity contribution is -0.142. The van der Waals surface area contributed by atoms with Crippen LogP contribution in [0.25, 0.3) is 0 Å². The van der Waals surface area contributed by atoms with Crippen LogP contribution in [0.1, 0.15) is 25.3 Å². The Hall–Kier alpha value is -1.75. The second-order valence-electron chi connectivity index (χ2n) is 6.98. The summed E-state index contributed by atoms with van der Waals surface area (Å²) in [5, 5.41) is 13.4. The third kappa shape index (κ3) is 6.11. The number of hydrogen-bond acceptors (Lipinski definition) is 5. The maximum absolute atomic E-state index is 12.5. The van der Waals surface area contributed by atoms with Gasteiger partial charge < -0.3 is 29.7 Å². The minimum absolute atomic E-state index is 0. The van der Waals surface area contributed by atoms with Crippen LogP contribution in [0.15, 0.2) is 23.2 Å². The Kier molecular flexibility index (Phi) is 9.28. The number of benzene rings is 1. The van der Waals surface area contributed by atoms with Gasteiger partial charge in [-0.25, -0.2) is 4.99 Å². The van der Waals surface area contributed by atoms with Gasteiger partial charge in [-0.1, -0.05) is 0 Å². The third-order valence-corrected chi connectivity index (χ3v) is 5.12. The monoisotopic (exact) mass is 518 g/mol. The van der Waals surface area contributed by atoms with Crippen molar-refractivity contribution in [3.05, 3.63) is 23.8 Å². The van der Waals surface area contributed by atoms with Crippen LogP contribution in [0.4, 0.5) is 0 Å². The number of nitrogens with one attached hydrogen (secondary N) is 1. The Morgan fingerprint density at radius 3 is 2.66 bits per heavy atom. The normalized spacial score (nSPS) is 19.7. The zero-order chi connectivity index (χ0) is 19.9. The van der Waals surface area contributed by atoms with Crippen LogP contribution in [0.2, 0.25) is 0 Å². The van der Waals surface area contributed by atoms with E-state index in [9.17, 15) is 9.90 Å². The van der Waals surface area contributed by atoms with Crippen LogP contribution in [-0.4, -0.2) is 79.3 Å². The average Bonchev–Trinajstić information content (AvgIpc) is 3.26. The number of piperazine rings is 1. The van der Waals surface area contributed by atoms with Crippen molar-refractivity contribution in [3.8, 4) is 11.5 Å². The molecule has 29 heavy (non-hydrogen) atoms. The summed E-state index contributed by atoms with van der Waals surface area (Å²) in [4.78, 5) is 21.2. The summed E-state index contributed by atoms with van der Waals surface area (Å²) in [6.07, 6.45) is 1.53. The summed E-state index contributed by atoms with van der Waals surface area (Å²) >= 11 is 0. The van der Waals surface area contributed by atoms with Gasteiger partial charge >= 0.3 is 0 Å². The van der Waals surface area contributed by atoms with E-state index in [1.165, 1.54) is 0 Å². The number of rotatable bonds is 5. The molecule has 0 saturated carbocycles. The molecule has 0 spiro atoms. The lowest BCUT2D eigenvalue weighted by atomic mass is 10.2. The van der Waals surface area contributed by atoms with Crippen LogP contribution >= 0.6 is 24.0 Å². The number of aromatic hydroxyl groups is 1. The highest BCUT2D eigenvalue weighted by Crippen LogP contribution is 2.23. The number of guanidine groups is 1. The van der Waals surface area contributed by atoms with Crippen molar-refractivity contribution < 1.29 is 19.4 Å². The molecule has 1 aromatic carbocycles. The largest absolute Gasteiger partial charge is 0.508 e. The predicted octanol–water partition coefficient (Wildman–Crippen LogP) is 1.81. The molecule has 2 fully saturated rings. The number of amides is 1. The number of phenols is 1. The van der Waals surface area contributed by atoms with E-state index in [4.69, 9.17) is 9.47 Å². The van der Waals surface area contributed by atoms with Gasteiger partial charge in [-0.2, -0.15) is 0 Å². The molecule has 2 saturated heterocycles. The maximum atomic E-state index is 12.5. The van der Waals surface area contributed by atoms with Crippen molar-refractivity contribution in [1.29, 1.82) is 0 Å². The van der Waals surface area contributed by atoms with E-state index in [1.54, 1.807) is 25.3 Å². The second-order valence-corrected chi connectivity index (χ2v) is 6.98. The number of aliphatic imine (C=N–C) groups is 1. The van der Waals surface area contributed by atoms with Crippen LogP contribution in [0.5, 0.6) is 11.5 Å². The Labute approximate surface area is 189 Å². The highest BCUT2D eigenvalue weighted by molar-refractivity contribution is 14.0. The molecule has 162 valence electrons. The van der Waals surface area contributed by atoms with Crippen molar-refractivity contribution in [2.45, 2.75) is 32.4 Å². The summed E-state index contributed by atoms with van der Waals surface area (Å²) in [5.74, 6) is 1.79. The molecular weight excluding hydrogens is 487 g/mol. The molecule has 2 N–H and O–H groups in total. The summed E-state index contributed by atoms with van der Waals surface area (Å²) < 4.78 is 10.7. The number of methoxy groups -OCH3 is 1. The fourth-order valence-corrected chi connectivity index (χ4v) is 3.52. The molecule has 2 aliphatic rings. The third-order valence-electron chi connectivity index (χ3n) is 5.12. The molecule has 8 nitrogen and oxygen atoms in total. The molecule has 3 rings (SSSR count). The first-order valence-electron chi connectivity index (χ1n) is 9.92. The molecule has 0 radical (unpaired) electrons. The lowest BCUT2D eigenvalue weighted by Gasteiger charge is -2.37. The Morgan fingerprint density at radius 2 is 2.03 bits per heavy atom. The molecule has 1 aromatic rings. The topological polar surface area (TPSA) is 86.6 Å². The van der Waals surface area contributed by atoms with Crippen molar-refractivity contribution in [3.63, 3.8) is 0 Å². The predicted molar refractivity (Wildman–Crippen MR) is 122 cm³/mol. The Morgan fingerprint density at radius 1 is 1.31 bits per heavy atom. The van der Waals surface area contributed by atoms with E-state index in [0.29, 0.717) is 50.6 Å². The number of phenolic OH excluding ortho intramolecular Hbond substituents is 1. The maximum Gasteiger partial charge on any atom is 0.251 e. The number of carbonyl (C=O) groups is 1. The van der Waals surface area contributed by atoms with Gasteiger partial charge in [0.1, 0.15) is 17.6 Å². The molecule has 1 amide bonds. The molecule has 0 aromatic heterocycles. The van der Waals surface area contributed by atoms with Gasteiger partial charge in [-0.3, -0.25) is 4.79 Å². The minimum atomic E-state index is -0.260. The first-order valence-corrected chi connectivity index (χ1v) is 9.92. The quantitative estimate of drug-likeness (QED) is 0.352. The van der Waals surface area contributed by atoms with Crippen molar-refractivity contribution in [2.24, 2.45) is 4.99 Å². The Bertz CT molecular complexity index is 702. The first-order chi connectivity index (χ1) is 13.6. The SMILES string of the molecule is CCNC(=NCc1cc(OC)ccc1O)N1CCN(C(=O)C2CCCO2)CC1.I. The smallest absolute Gasteiger partial charge is 0.251 e.